The van der Waals surface area contributed by atoms with Gasteiger partial charge in [-0.1, -0.05) is 294 Å². The molecule has 1 amide bonds. The summed E-state index contributed by atoms with van der Waals surface area (Å²) in [4.78, 5) is 25.1. The van der Waals surface area contributed by atoms with Crippen LogP contribution in [0.2, 0.25) is 0 Å². The minimum atomic E-state index is -1.57. The van der Waals surface area contributed by atoms with E-state index in [-0.39, 0.29) is 18.5 Å². The van der Waals surface area contributed by atoms with E-state index in [1.54, 1.807) is 6.08 Å². The van der Waals surface area contributed by atoms with Gasteiger partial charge in [0, 0.05) is 12.8 Å². The van der Waals surface area contributed by atoms with Crippen LogP contribution in [0.1, 0.15) is 348 Å². The molecule has 7 atom stereocenters. The number of hydrogen-bond donors (Lipinski definition) is 6. The topological polar surface area (TPSA) is 175 Å². The first kappa shape index (κ1) is 80.6. The highest BCUT2D eigenvalue weighted by Gasteiger charge is 2.44. The van der Waals surface area contributed by atoms with Crippen molar-refractivity contribution in [3.05, 3.63) is 48.6 Å². The normalized spacial score (nSPS) is 18.2. The number of esters is 1. The maximum absolute atomic E-state index is 13.0. The molecule has 0 aromatic heterocycles. The quantitative estimate of drug-likeness (QED) is 0.0195. The highest BCUT2D eigenvalue weighted by Crippen LogP contribution is 2.23. The Morgan fingerprint density at radius 2 is 0.788 bits per heavy atom. The predicted octanol–water partition coefficient (Wildman–Crippen LogP) is 18.7. The summed E-state index contributed by atoms with van der Waals surface area (Å²) in [6.07, 6.45) is 72.7. The van der Waals surface area contributed by atoms with Gasteiger partial charge in [-0.3, -0.25) is 9.59 Å². The summed E-state index contributed by atoms with van der Waals surface area (Å²) in [6.45, 7) is 4.32. The molecule has 0 radical (unpaired) electrons. The van der Waals surface area contributed by atoms with Crippen LogP contribution in [0.15, 0.2) is 48.6 Å². The van der Waals surface area contributed by atoms with Crippen molar-refractivity contribution < 1.29 is 49.3 Å². The molecule has 7 unspecified atom stereocenters. The van der Waals surface area contributed by atoms with Crippen LogP contribution in [-0.2, 0) is 23.8 Å². The third-order valence-corrected chi connectivity index (χ3v) is 17.2. The van der Waals surface area contributed by atoms with Crippen LogP contribution in [0.4, 0.5) is 0 Å². The van der Waals surface area contributed by atoms with Crippen LogP contribution in [0.3, 0.4) is 0 Å². The molecule has 1 rings (SSSR count). The first-order valence-electron chi connectivity index (χ1n) is 36.4. The number of carbonyl (C=O) groups is 2. The number of rotatable bonds is 64. The van der Waals surface area contributed by atoms with Crippen LogP contribution < -0.4 is 5.32 Å². The Balaban J connectivity index is 1.90. The van der Waals surface area contributed by atoms with Crippen molar-refractivity contribution in [2.24, 2.45) is 0 Å². The van der Waals surface area contributed by atoms with E-state index in [0.717, 1.165) is 64.2 Å². The molecule has 0 aromatic rings. The van der Waals surface area contributed by atoms with Crippen LogP contribution in [0, 0.1) is 0 Å². The van der Waals surface area contributed by atoms with E-state index in [2.05, 4.69) is 55.6 Å². The molecule has 11 nitrogen and oxygen atoms in total. The zero-order valence-corrected chi connectivity index (χ0v) is 55.3. The summed E-state index contributed by atoms with van der Waals surface area (Å²) >= 11 is 0. The Hall–Kier alpha value is -2.38. The van der Waals surface area contributed by atoms with Crippen molar-refractivity contribution in [2.75, 3.05) is 19.8 Å². The molecule has 1 fully saturated rings. The summed E-state index contributed by atoms with van der Waals surface area (Å²) in [5, 5.41) is 54.3. The molecule has 0 bridgehead atoms. The van der Waals surface area contributed by atoms with Gasteiger partial charge < -0.3 is 45.1 Å². The maximum atomic E-state index is 13.0. The van der Waals surface area contributed by atoms with E-state index >= 15 is 0 Å². The third-order valence-electron chi connectivity index (χ3n) is 17.2. The van der Waals surface area contributed by atoms with Crippen LogP contribution >= 0.6 is 0 Å². The second-order valence-corrected chi connectivity index (χ2v) is 25.3. The maximum Gasteiger partial charge on any atom is 0.305 e. The fourth-order valence-corrected chi connectivity index (χ4v) is 11.4. The fraction of sp³-hybridized carbons (Fsp3) is 0.865. The second-order valence-electron chi connectivity index (χ2n) is 25.3. The summed E-state index contributed by atoms with van der Waals surface area (Å²) in [5.74, 6) is -0.178. The first-order valence-corrected chi connectivity index (χ1v) is 36.4. The number of hydrogen-bond acceptors (Lipinski definition) is 10. The SMILES string of the molecule is CCCCC/C=C\C/C=C\CCCCCCCCCCCC(=O)OCCCCCCCCCCCCCC/C=C\CCCCCCCCCCCCCCCC(=O)NC(COC1OC(CO)C(O)C(O)C1O)C(O)/C=C/CCCCCCCCC. The number of nitrogens with one attached hydrogen (secondary N) is 1. The minimum Gasteiger partial charge on any atom is -0.466 e. The van der Waals surface area contributed by atoms with Crippen LogP contribution in [0.25, 0.3) is 0 Å². The number of amides is 1. The number of ether oxygens (including phenoxy) is 3. The highest BCUT2D eigenvalue weighted by molar-refractivity contribution is 5.76. The number of aliphatic hydroxyl groups is 5. The molecule has 0 aliphatic carbocycles. The lowest BCUT2D eigenvalue weighted by molar-refractivity contribution is -0.302. The zero-order chi connectivity index (χ0) is 61.6. The Morgan fingerprint density at radius 1 is 0.435 bits per heavy atom. The van der Waals surface area contributed by atoms with Crippen LogP contribution in [0.5, 0.6) is 0 Å². The molecule has 1 heterocycles. The molecule has 11 heteroatoms. The van der Waals surface area contributed by atoms with E-state index in [9.17, 15) is 35.1 Å². The van der Waals surface area contributed by atoms with Crippen molar-refractivity contribution in [2.45, 2.75) is 391 Å². The molecule has 0 aromatic carbocycles. The summed E-state index contributed by atoms with van der Waals surface area (Å²) in [7, 11) is 0. The fourth-order valence-electron chi connectivity index (χ4n) is 11.4. The van der Waals surface area contributed by atoms with Gasteiger partial charge in [0.1, 0.15) is 24.4 Å². The van der Waals surface area contributed by atoms with E-state index in [1.165, 1.54) is 257 Å². The van der Waals surface area contributed by atoms with Gasteiger partial charge in [-0.2, -0.15) is 0 Å². The largest absolute Gasteiger partial charge is 0.466 e. The van der Waals surface area contributed by atoms with Gasteiger partial charge in [0.2, 0.25) is 5.91 Å². The third kappa shape index (κ3) is 52.1. The van der Waals surface area contributed by atoms with Crippen molar-refractivity contribution in [3.8, 4) is 0 Å². The Morgan fingerprint density at radius 3 is 1.22 bits per heavy atom. The Labute approximate surface area is 523 Å². The number of aliphatic hydroxyl groups excluding tert-OH is 5. The van der Waals surface area contributed by atoms with Crippen molar-refractivity contribution >= 4 is 11.9 Å². The van der Waals surface area contributed by atoms with E-state index < -0.39 is 49.5 Å². The zero-order valence-electron chi connectivity index (χ0n) is 55.3. The smallest absolute Gasteiger partial charge is 0.305 e. The van der Waals surface area contributed by atoms with Gasteiger partial charge in [0.05, 0.1) is 32.0 Å². The Kier molecular flexibility index (Phi) is 60.0. The highest BCUT2D eigenvalue weighted by atomic mass is 16.7. The average Bonchev–Trinajstić information content (AvgIpc) is 3.49. The molecular weight excluding hydrogens is 1060 g/mol. The molecule has 0 saturated carbocycles. The van der Waals surface area contributed by atoms with Crippen molar-refractivity contribution in [1.82, 2.24) is 5.32 Å². The molecule has 1 saturated heterocycles. The molecule has 1 aliphatic rings. The monoisotopic (exact) mass is 1200 g/mol. The van der Waals surface area contributed by atoms with Gasteiger partial charge in [0.15, 0.2) is 6.29 Å². The molecule has 6 N–H and O–H groups in total. The molecule has 498 valence electrons. The van der Waals surface area contributed by atoms with Gasteiger partial charge in [-0.15, -0.1) is 0 Å². The second kappa shape index (κ2) is 63.2. The predicted molar refractivity (Wildman–Crippen MR) is 357 cm³/mol. The summed E-state index contributed by atoms with van der Waals surface area (Å²) < 4.78 is 16.7. The lowest BCUT2D eigenvalue weighted by Gasteiger charge is -2.40. The lowest BCUT2D eigenvalue weighted by Crippen LogP contribution is -2.60. The average molecular weight is 1200 g/mol. The van der Waals surface area contributed by atoms with E-state index in [0.29, 0.717) is 19.4 Å². The van der Waals surface area contributed by atoms with E-state index in [1.807, 2.05) is 6.08 Å². The van der Waals surface area contributed by atoms with Crippen molar-refractivity contribution in [3.63, 3.8) is 0 Å². The van der Waals surface area contributed by atoms with Gasteiger partial charge in [-0.05, 0) is 89.9 Å². The van der Waals surface area contributed by atoms with Gasteiger partial charge in [-0.25, -0.2) is 0 Å². The minimum absolute atomic E-state index is 0.00411. The lowest BCUT2D eigenvalue weighted by atomic mass is 9.99. The molecule has 0 spiro atoms. The van der Waals surface area contributed by atoms with Crippen molar-refractivity contribution in [1.29, 1.82) is 0 Å². The van der Waals surface area contributed by atoms with Gasteiger partial charge in [0.25, 0.3) is 0 Å². The summed E-state index contributed by atoms with van der Waals surface area (Å²) in [6, 6.07) is -0.808. The standard InChI is InChI=1S/C74H137NO10/c1-3-5-7-9-11-13-14-15-16-17-29-33-36-39-42-46-50-54-58-62-70(79)83-63-59-55-51-47-43-40-37-34-31-28-26-24-22-20-18-19-21-23-25-27-30-32-35-38-41-45-49-53-57-61-69(78)75-66(67(77)60-56-52-48-44-12-10-8-6-4-2)65-84-74-73(82)72(81)71(80)68(64-76)85-74/h11,13,15-16,18,20,56,60,66-68,71-74,76-77,80-82H,3-10,12,14,17,19,21-55,57-59,61-65H2,1-2H3,(H,75,78)/b13-11-,16-15-,20-18-,60-56+. The number of allylic oxidation sites excluding steroid dienone is 7. The molecule has 1 aliphatic heterocycles. The Bertz CT molecular complexity index is 1550. The van der Waals surface area contributed by atoms with Gasteiger partial charge >= 0.3 is 5.97 Å². The van der Waals surface area contributed by atoms with E-state index in [4.69, 9.17) is 14.2 Å². The number of carbonyl (C=O) groups excluding carboxylic acids is 2. The number of unbranched alkanes of at least 4 members (excludes halogenated alkanes) is 44. The van der Waals surface area contributed by atoms with Crippen LogP contribution in [-0.4, -0.2) is 100 Å². The molecular formula is C74H137NO10. The molecule has 85 heavy (non-hydrogen) atoms. The first-order chi connectivity index (χ1) is 41.7. The summed E-state index contributed by atoms with van der Waals surface area (Å²) in [5.41, 5.74) is 0.